The summed E-state index contributed by atoms with van der Waals surface area (Å²) in [6.07, 6.45) is 3.63. The Morgan fingerprint density at radius 1 is 1.54 bits per heavy atom. The number of nitrogens with zero attached hydrogens (tertiary/aromatic N) is 1. The summed E-state index contributed by atoms with van der Waals surface area (Å²) in [4.78, 5) is 0. The highest BCUT2D eigenvalue weighted by Crippen LogP contribution is 2.10. The molecule has 66 valence electrons. The van der Waals surface area contributed by atoms with Crippen molar-refractivity contribution in [3.63, 3.8) is 0 Å². The molecule has 1 aromatic carbocycles. The zero-order valence-corrected chi connectivity index (χ0v) is 7.76. The Morgan fingerprint density at radius 2 is 2.31 bits per heavy atom. The van der Waals surface area contributed by atoms with E-state index in [-0.39, 0.29) is 5.56 Å². The molecule has 0 spiro atoms. The lowest BCUT2D eigenvalue weighted by molar-refractivity contribution is 0.624. The third-order valence-corrected chi connectivity index (χ3v) is 1.74. The van der Waals surface area contributed by atoms with Gasteiger partial charge in [-0.05, 0) is 17.7 Å². The maximum Gasteiger partial charge on any atom is 0.140 e. The molecule has 1 rings (SSSR count). The van der Waals surface area contributed by atoms with Gasteiger partial charge in [0.2, 0.25) is 0 Å². The molecular formula is C10H8FNS. The molecule has 0 N–H and O–H groups in total. The van der Waals surface area contributed by atoms with Gasteiger partial charge in [-0.15, -0.1) is 0 Å². The molecule has 0 bridgehead atoms. The first-order valence-corrected chi connectivity index (χ1v) is 4.38. The minimum Gasteiger partial charge on any atom is -0.206 e. The SMILES string of the molecule is N#Cc1cc(C=CCS)ccc1F. The van der Waals surface area contributed by atoms with Gasteiger partial charge in [-0.3, -0.25) is 0 Å². The first-order chi connectivity index (χ1) is 6.27. The van der Waals surface area contributed by atoms with Crippen molar-refractivity contribution in [1.82, 2.24) is 0 Å². The number of hydrogen-bond donors (Lipinski definition) is 1. The molecule has 0 aliphatic heterocycles. The Morgan fingerprint density at radius 3 is 2.92 bits per heavy atom. The largest absolute Gasteiger partial charge is 0.206 e. The second-order valence-electron chi connectivity index (χ2n) is 2.44. The Labute approximate surface area is 81.9 Å². The van der Waals surface area contributed by atoms with Crippen LogP contribution in [0.2, 0.25) is 0 Å². The van der Waals surface area contributed by atoms with Gasteiger partial charge in [-0.25, -0.2) is 4.39 Å². The zero-order valence-electron chi connectivity index (χ0n) is 6.87. The van der Waals surface area contributed by atoms with E-state index >= 15 is 0 Å². The number of nitriles is 1. The summed E-state index contributed by atoms with van der Waals surface area (Å²) < 4.78 is 12.8. The third kappa shape index (κ3) is 2.60. The molecule has 0 aromatic heterocycles. The van der Waals surface area contributed by atoms with Crippen LogP contribution in [0.4, 0.5) is 4.39 Å². The molecule has 0 aliphatic carbocycles. The van der Waals surface area contributed by atoms with Gasteiger partial charge in [-0.1, -0.05) is 18.2 Å². The molecule has 0 heterocycles. The van der Waals surface area contributed by atoms with Gasteiger partial charge >= 0.3 is 0 Å². The standard InChI is InChI=1S/C10H8FNS/c11-10-4-3-8(2-1-5-13)6-9(10)7-12/h1-4,6,13H,5H2. The van der Waals surface area contributed by atoms with Crippen molar-refractivity contribution in [2.45, 2.75) is 0 Å². The van der Waals surface area contributed by atoms with Crippen molar-refractivity contribution in [1.29, 1.82) is 5.26 Å². The van der Waals surface area contributed by atoms with Gasteiger partial charge in [-0.2, -0.15) is 17.9 Å². The van der Waals surface area contributed by atoms with Crippen molar-refractivity contribution in [3.05, 3.63) is 41.2 Å². The fourth-order valence-electron chi connectivity index (χ4n) is 0.921. The molecule has 0 fully saturated rings. The molecule has 13 heavy (non-hydrogen) atoms. The maximum absolute atomic E-state index is 12.8. The number of rotatable bonds is 2. The van der Waals surface area contributed by atoms with E-state index in [0.29, 0.717) is 5.75 Å². The molecule has 1 nitrogen and oxygen atoms in total. The van der Waals surface area contributed by atoms with E-state index in [1.807, 2.05) is 6.08 Å². The summed E-state index contributed by atoms with van der Waals surface area (Å²) in [7, 11) is 0. The van der Waals surface area contributed by atoms with Crippen molar-refractivity contribution in [3.8, 4) is 6.07 Å². The number of hydrogen-bond acceptors (Lipinski definition) is 2. The average molecular weight is 193 g/mol. The summed E-state index contributed by atoms with van der Waals surface area (Å²) >= 11 is 3.99. The lowest BCUT2D eigenvalue weighted by Crippen LogP contribution is -1.83. The predicted molar refractivity (Wildman–Crippen MR) is 54.0 cm³/mol. The lowest BCUT2D eigenvalue weighted by atomic mass is 10.1. The minimum atomic E-state index is -0.481. The Kier molecular flexibility index (Phi) is 3.53. The van der Waals surface area contributed by atoms with Gasteiger partial charge in [0.15, 0.2) is 0 Å². The topological polar surface area (TPSA) is 23.8 Å². The number of halogens is 1. The van der Waals surface area contributed by atoms with E-state index in [1.165, 1.54) is 12.1 Å². The molecule has 0 amide bonds. The molecule has 3 heteroatoms. The average Bonchev–Trinajstić information content (AvgIpc) is 2.16. The summed E-state index contributed by atoms with van der Waals surface area (Å²) in [5.74, 6) is 0.143. The van der Waals surface area contributed by atoms with E-state index in [9.17, 15) is 4.39 Å². The lowest BCUT2D eigenvalue weighted by Gasteiger charge is -1.95. The van der Waals surface area contributed by atoms with Crippen molar-refractivity contribution < 1.29 is 4.39 Å². The van der Waals surface area contributed by atoms with Crippen LogP contribution in [0.5, 0.6) is 0 Å². The van der Waals surface area contributed by atoms with Crippen LogP contribution in [-0.2, 0) is 0 Å². The van der Waals surface area contributed by atoms with Gasteiger partial charge in [0.1, 0.15) is 11.9 Å². The van der Waals surface area contributed by atoms with Crippen LogP contribution >= 0.6 is 12.6 Å². The summed E-state index contributed by atoms with van der Waals surface area (Å²) in [6.45, 7) is 0. The number of benzene rings is 1. The first-order valence-electron chi connectivity index (χ1n) is 3.75. The third-order valence-electron chi connectivity index (χ3n) is 1.53. The van der Waals surface area contributed by atoms with E-state index in [1.54, 1.807) is 18.2 Å². The Bertz CT molecular complexity index is 366. The fraction of sp³-hybridized carbons (Fsp3) is 0.100. The van der Waals surface area contributed by atoms with Crippen LogP contribution in [0.3, 0.4) is 0 Å². The highest BCUT2D eigenvalue weighted by Gasteiger charge is 1.99. The van der Waals surface area contributed by atoms with Crippen LogP contribution in [0.15, 0.2) is 24.3 Å². The van der Waals surface area contributed by atoms with Gasteiger partial charge < -0.3 is 0 Å². The zero-order chi connectivity index (χ0) is 9.68. The monoisotopic (exact) mass is 193 g/mol. The highest BCUT2D eigenvalue weighted by atomic mass is 32.1. The smallest absolute Gasteiger partial charge is 0.140 e. The van der Waals surface area contributed by atoms with Crippen LogP contribution in [0.1, 0.15) is 11.1 Å². The summed E-state index contributed by atoms with van der Waals surface area (Å²) in [6, 6.07) is 6.20. The summed E-state index contributed by atoms with van der Waals surface area (Å²) in [5.41, 5.74) is 0.883. The molecular weight excluding hydrogens is 185 g/mol. The van der Waals surface area contributed by atoms with Crippen LogP contribution in [0, 0.1) is 17.1 Å². The first kappa shape index (κ1) is 9.82. The maximum atomic E-state index is 12.8. The van der Waals surface area contributed by atoms with Crippen molar-refractivity contribution in [2.75, 3.05) is 5.75 Å². The van der Waals surface area contributed by atoms with Crippen molar-refractivity contribution in [2.24, 2.45) is 0 Å². The van der Waals surface area contributed by atoms with E-state index in [2.05, 4.69) is 12.6 Å². The number of thiol groups is 1. The predicted octanol–water partition coefficient (Wildman–Crippen LogP) is 2.64. The molecule has 0 radical (unpaired) electrons. The molecule has 0 saturated heterocycles. The van der Waals surface area contributed by atoms with Crippen LogP contribution in [0.25, 0.3) is 6.08 Å². The van der Waals surface area contributed by atoms with Crippen molar-refractivity contribution >= 4 is 18.7 Å². The van der Waals surface area contributed by atoms with Crippen LogP contribution in [-0.4, -0.2) is 5.75 Å². The molecule has 0 unspecified atom stereocenters. The Balaban J connectivity index is 3.01. The normalized spacial score (nSPS) is 10.2. The highest BCUT2D eigenvalue weighted by molar-refractivity contribution is 7.80. The molecule has 0 atom stereocenters. The van der Waals surface area contributed by atoms with Gasteiger partial charge in [0.25, 0.3) is 0 Å². The second kappa shape index (κ2) is 4.68. The van der Waals surface area contributed by atoms with Gasteiger partial charge in [0, 0.05) is 5.75 Å². The summed E-state index contributed by atoms with van der Waals surface area (Å²) in [5, 5.41) is 8.54. The van der Waals surface area contributed by atoms with E-state index < -0.39 is 5.82 Å². The van der Waals surface area contributed by atoms with E-state index in [4.69, 9.17) is 5.26 Å². The molecule has 1 aromatic rings. The van der Waals surface area contributed by atoms with Crippen LogP contribution < -0.4 is 0 Å². The molecule has 0 saturated carbocycles. The second-order valence-corrected chi connectivity index (χ2v) is 2.80. The van der Waals surface area contributed by atoms with Gasteiger partial charge in [0.05, 0.1) is 5.56 Å². The Hall–Kier alpha value is -1.27. The quantitative estimate of drug-likeness (QED) is 0.717. The molecule has 0 aliphatic rings. The minimum absolute atomic E-state index is 0.0707. The van der Waals surface area contributed by atoms with E-state index in [0.717, 1.165) is 5.56 Å². The fourth-order valence-corrected chi connectivity index (χ4v) is 1.03.